The van der Waals surface area contributed by atoms with Crippen LogP contribution in [-0.4, -0.2) is 11.7 Å². The highest BCUT2D eigenvalue weighted by molar-refractivity contribution is 5.34. The Kier molecular flexibility index (Phi) is 5.19. The molecule has 0 aliphatic rings. The summed E-state index contributed by atoms with van der Waals surface area (Å²) in [6.45, 7) is 4.83. The Morgan fingerprint density at radius 1 is 1.27 bits per heavy atom. The maximum atomic E-state index is 9.79. The molecule has 0 spiro atoms. The number of rotatable bonds is 6. The van der Waals surface area contributed by atoms with Gasteiger partial charge in [-0.15, -0.1) is 0 Å². The van der Waals surface area contributed by atoms with Crippen LogP contribution in [0.1, 0.15) is 44.8 Å². The van der Waals surface area contributed by atoms with Crippen molar-refractivity contribution in [2.75, 3.05) is 6.61 Å². The predicted octanol–water partition coefficient (Wildman–Crippen LogP) is 3.31. The van der Waals surface area contributed by atoms with Crippen LogP contribution in [-0.2, 0) is 0 Å². The van der Waals surface area contributed by atoms with Crippen molar-refractivity contribution in [3.63, 3.8) is 0 Å². The molecular weight excluding hydrogens is 188 g/mol. The van der Waals surface area contributed by atoms with Crippen molar-refractivity contribution in [1.29, 1.82) is 0 Å². The van der Waals surface area contributed by atoms with E-state index in [0.29, 0.717) is 6.42 Å². The van der Waals surface area contributed by atoms with Crippen molar-refractivity contribution in [3.05, 3.63) is 29.8 Å². The van der Waals surface area contributed by atoms with Gasteiger partial charge in [0.25, 0.3) is 0 Å². The van der Waals surface area contributed by atoms with Crippen LogP contribution < -0.4 is 4.74 Å². The molecule has 0 aromatic heterocycles. The number of para-hydroxylation sites is 1. The van der Waals surface area contributed by atoms with E-state index >= 15 is 0 Å². The maximum Gasteiger partial charge on any atom is 0.125 e. The molecule has 0 bridgehead atoms. The van der Waals surface area contributed by atoms with Crippen LogP contribution in [0.3, 0.4) is 0 Å². The van der Waals surface area contributed by atoms with Crippen molar-refractivity contribution >= 4 is 0 Å². The molecule has 2 heteroatoms. The van der Waals surface area contributed by atoms with Gasteiger partial charge < -0.3 is 9.84 Å². The average Bonchev–Trinajstić information content (AvgIpc) is 2.29. The topological polar surface area (TPSA) is 29.5 Å². The Labute approximate surface area is 91.9 Å². The Bertz CT molecular complexity index is 284. The summed E-state index contributed by atoms with van der Waals surface area (Å²) < 4.78 is 5.64. The molecule has 1 aromatic carbocycles. The molecule has 1 N–H and O–H groups in total. The van der Waals surface area contributed by atoms with Gasteiger partial charge in [0.05, 0.1) is 12.7 Å². The highest BCUT2D eigenvalue weighted by atomic mass is 16.5. The SMILES string of the molecule is CCCCOc1ccccc1C(O)CC. The molecule has 0 radical (unpaired) electrons. The highest BCUT2D eigenvalue weighted by Gasteiger charge is 2.10. The first-order valence-corrected chi connectivity index (χ1v) is 5.69. The third-order valence-electron chi connectivity index (χ3n) is 2.42. The second-order valence-electron chi connectivity index (χ2n) is 3.66. The van der Waals surface area contributed by atoms with Crippen LogP contribution in [0.5, 0.6) is 5.75 Å². The van der Waals surface area contributed by atoms with Crippen molar-refractivity contribution < 1.29 is 9.84 Å². The number of hydrogen-bond acceptors (Lipinski definition) is 2. The second kappa shape index (κ2) is 6.46. The Balaban J connectivity index is 2.68. The van der Waals surface area contributed by atoms with Gasteiger partial charge in [-0.05, 0) is 18.9 Å². The number of aliphatic hydroxyl groups excluding tert-OH is 1. The first-order valence-electron chi connectivity index (χ1n) is 5.69. The molecule has 0 saturated heterocycles. The number of unbranched alkanes of at least 4 members (excludes halogenated alkanes) is 1. The fourth-order valence-electron chi connectivity index (χ4n) is 1.43. The quantitative estimate of drug-likeness (QED) is 0.727. The highest BCUT2D eigenvalue weighted by Crippen LogP contribution is 2.26. The zero-order valence-corrected chi connectivity index (χ0v) is 9.57. The average molecular weight is 208 g/mol. The molecule has 0 heterocycles. The number of benzene rings is 1. The maximum absolute atomic E-state index is 9.79. The van der Waals surface area contributed by atoms with Gasteiger partial charge >= 0.3 is 0 Å². The smallest absolute Gasteiger partial charge is 0.125 e. The van der Waals surface area contributed by atoms with Crippen molar-refractivity contribution in [3.8, 4) is 5.75 Å². The number of hydrogen-bond donors (Lipinski definition) is 1. The fraction of sp³-hybridized carbons (Fsp3) is 0.538. The normalized spacial score (nSPS) is 12.5. The van der Waals surface area contributed by atoms with E-state index in [1.807, 2.05) is 31.2 Å². The molecule has 1 rings (SSSR count). The van der Waals surface area contributed by atoms with Gasteiger partial charge in [0.1, 0.15) is 5.75 Å². The minimum Gasteiger partial charge on any atom is -0.493 e. The molecule has 84 valence electrons. The van der Waals surface area contributed by atoms with E-state index < -0.39 is 6.10 Å². The standard InChI is InChI=1S/C13H20O2/c1-3-5-10-15-13-9-7-6-8-11(13)12(14)4-2/h6-9,12,14H,3-5,10H2,1-2H3. The molecule has 2 nitrogen and oxygen atoms in total. The summed E-state index contributed by atoms with van der Waals surface area (Å²) in [6.07, 6.45) is 2.48. The Morgan fingerprint density at radius 2 is 2.00 bits per heavy atom. The van der Waals surface area contributed by atoms with Crippen LogP contribution in [0.15, 0.2) is 24.3 Å². The third kappa shape index (κ3) is 3.56. The van der Waals surface area contributed by atoms with E-state index in [2.05, 4.69) is 6.92 Å². The van der Waals surface area contributed by atoms with Crippen LogP contribution in [0.25, 0.3) is 0 Å². The summed E-state index contributed by atoms with van der Waals surface area (Å²) in [4.78, 5) is 0. The Hall–Kier alpha value is -1.02. The fourth-order valence-corrected chi connectivity index (χ4v) is 1.43. The molecule has 0 aliphatic heterocycles. The lowest BCUT2D eigenvalue weighted by Crippen LogP contribution is -2.03. The monoisotopic (exact) mass is 208 g/mol. The first-order chi connectivity index (χ1) is 7.29. The van der Waals surface area contributed by atoms with Crippen LogP contribution in [0.2, 0.25) is 0 Å². The summed E-state index contributed by atoms with van der Waals surface area (Å²) in [5.41, 5.74) is 0.899. The lowest BCUT2D eigenvalue weighted by molar-refractivity contribution is 0.167. The molecule has 0 fully saturated rings. The Morgan fingerprint density at radius 3 is 2.67 bits per heavy atom. The zero-order chi connectivity index (χ0) is 11.1. The van der Waals surface area contributed by atoms with Crippen LogP contribution in [0.4, 0.5) is 0 Å². The molecular formula is C13H20O2. The van der Waals surface area contributed by atoms with Gasteiger partial charge in [-0.25, -0.2) is 0 Å². The molecule has 15 heavy (non-hydrogen) atoms. The second-order valence-corrected chi connectivity index (χ2v) is 3.66. The molecule has 1 atom stereocenters. The first kappa shape index (κ1) is 12.1. The van der Waals surface area contributed by atoms with Crippen molar-refractivity contribution in [1.82, 2.24) is 0 Å². The molecule has 0 amide bonds. The molecule has 0 aliphatic carbocycles. The summed E-state index contributed by atoms with van der Waals surface area (Å²) in [5, 5.41) is 9.79. The van der Waals surface area contributed by atoms with Gasteiger partial charge in [0.15, 0.2) is 0 Å². The summed E-state index contributed by atoms with van der Waals surface area (Å²) >= 11 is 0. The third-order valence-corrected chi connectivity index (χ3v) is 2.42. The lowest BCUT2D eigenvalue weighted by atomic mass is 10.1. The minimum atomic E-state index is -0.414. The predicted molar refractivity (Wildman–Crippen MR) is 62.1 cm³/mol. The lowest BCUT2D eigenvalue weighted by Gasteiger charge is -2.14. The van der Waals surface area contributed by atoms with E-state index in [0.717, 1.165) is 30.8 Å². The van der Waals surface area contributed by atoms with Gasteiger partial charge in [0.2, 0.25) is 0 Å². The summed E-state index contributed by atoms with van der Waals surface area (Å²) in [7, 11) is 0. The van der Waals surface area contributed by atoms with Gasteiger partial charge in [-0.3, -0.25) is 0 Å². The minimum absolute atomic E-state index is 0.414. The largest absolute Gasteiger partial charge is 0.493 e. The van der Waals surface area contributed by atoms with E-state index in [9.17, 15) is 5.11 Å². The van der Waals surface area contributed by atoms with Gasteiger partial charge in [-0.1, -0.05) is 38.5 Å². The van der Waals surface area contributed by atoms with Crippen LogP contribution >= 0.6 is 0 Å². The van der Waals surface area contributed by atoms with E-state index in [4.69, 9.17) is 4.74 Å². The number of ether oxygens (including phenoxy) is 1. The van der Waals surface area contributed by atoms with Crippen molar-refractivity contribution in [2.45, 2.75) is 39.2 Å². The van der Waals surface area contributed by atoms with Crippen molar-refractivity contribution in [2.24, 2.45) is 0 Å². The van der Waals surface area contributed by atoms with E-state index in [1.165, 1.54) is 0 Å². The van der Waals surface area contributed by atoms with Gasteiger partial charge in [-0.2, -0.15) is 0 Å². The number of aliphatic hydroxyl groups is 1. The van der Waals surface area contributed by atoms with E-state index in [-0.39, 0.29) is 0 Å². The molecule has 1 aromatic rings. The summed E-state index contributed by atoms with van der Waals surface area (Å²) in [5.74, 6) is 0.820. The molecule has 1 unspecified atom stereocenters. The summed E-state index contributed by atoms with van der Waals surface area (Å²) in [6, 6.07) is 7.72. The van der Waals surface area contributed by atoms with Gasteiger partial charge in [0, 0.05) is 5.56 Å². The molecule has 0 saturated carbocycles. The van der Waals surface area contributed by atoms with Crippen LogP contribution in [0, 0.1) is 0 Å². The zero-order valence-electron chi connectivity index (χ0n) is 9.57. The van der Waals surface area contributed by atoms with E-state index in [1.54, 1.807) is 0 Å².